The largest absolute Gasteiger partial charge is 0.487 e. The van der Waals surface area contributed by atoms with E-state index in [0.29, 0.717) is 30.1 Å². The molecule has 2 rings (SSSR count). The molecule has 0 saturated heterocycles. The molecule has 3 N–H and O–H groups in total. The lowest BCUT2D eigenvalue weighted by molar-refractivity contribution is -0.162. The van der Waals surface area contributed by atoms with Crippen LogP contribution in [-0.2, 0) is 42.9 Å². The number of aliphatic hydroxyl groups excluding tert-OH is 3. The molecule has 1 heterocycles. The summed E-state index contributed by atoms with van der Waals surface area (Å²) in [5.74, 6) is -0.710. The average Bonchev–Trinajstić information content (AvgIpc) is 3.25. The first-order valence-electron chi connectivity index (χ1n) is 22.0. The minimum Gasteiger partial charge on any atom is -0.487 e. The molecule has 1 saturated carbocycles. The topological polar surface area (TPSA) is 175 Å². The Bertz CT molecular complexity index is 1560. The van der Waals surface area contributed by atoms with Crippen LogP contribution in [-0.4, -0.2) is 110 Å². The smallest absolute Gasteiger partial charge is 0.316 e. The Kier molecular flexibility index (Phi) is 24.8. The highest BCUT2D eigenvalue weighted by atomic mass is 16.6. The van der Waals surface area contributed by atoms with Crippen molar-refractivity contribution in [1.82, 2.24) is 0 Å². The van der Waals surface area contributed by atoms with E-state index >= 15 is 0 Å². The Morgan fingerprint density at radius 1 is 0.934 bits per heavy atom. The summed E-state index contributed by atoms with van der Waals surface area (Å²) in [6.45, 7) is 12.1. The van der Waals surface area contributed by atoms with Crippen molar-refractivity contribution in [2.24, 2.45) is 29.1 Å². The summed E-state index contributed by atoms with van der Waals surface area (Å²) in [5.41, 5.74) is 1.22. The van der Waals surface area contributed by atoms with Gasteiger partial charge in [-0.2, -0.15) is 0 Å². The van der Waals surface area contributed by atoms with Gasteiger partial charge in [0, 0.05) is 32.5 Å². The van der Waals surface area contributed by atoms with Crippen molar-refractivity contribution < 1.29 is 58.2 Å². The van der Waals surface area contributed by atoms with E-state index in [1.165, 1.54) is 14.0 Å². The number of esters is 1. The Balaban J connectivity index is 1.76. The molecule has 61 heavy (non-hydrogen) atoms. The standard InChI is InChI=1S/C49H76O12/c1-33(15-11-10-12-16-34(2)43(57-8)29-41-22-19-35(3)44(30-50)61-41)27-37(5)45(54)47(58-9)46(55)38(6)28-36(4)42(53)18-14-13-17-39-20-23-40(24-21-39)59-25-26-60-48(56)49(7,31-51)32-52/h10-12,14-16,18,28,30,33,36-37,39-41,43,46-47,51-52,55H,13,17,19-27,29,31-32H2,1-9H3/b12-10+,15-11+,18-14+,34-16+,38-28+/t33-,36-,37-,39-,40-,41+,43+,46-,47+/m1/s1. The molecule has 12 nitrogen and oxygen atoms in total. The Labute approximate surface area is 365 Å². The van der Waals surface area contributed by atoms with Crippen molar-refractivity contribution in [3.05, 3.63) is 71.1 Å². The number of methoxy groups -OCH3 is 2. The number of carbonyl (C=O) groups excluding carboxylic acids is 4. The van der Waals surface area contributed by atoms with Crippen LogP contribution in [0.2, 0.25) is 0 Å². The minimum atomic E-state index is -1.31. The summed E-state index contributed by atoms with van der Waals surface area (Å²) in [6.07, 6.45) is 22.0. The van der Waals surface area contributed by atoms with Gasteiger partial charge in [-0.1, -0.05) is 63.3 Å². The van der Waals surface area contributed by atoms with Crippen LogP contribution in [0.5, 0.6) is 0 Å². The molecule has 1 fully saturated rings. The van der Waals surface area contributed by atoms with Crippen LogP contribution in [0.15, 0.2) is 71.1 Å². The predicted molar refractivity (Wildman–Crippen MR) is 236 cm³/mol. The molecule has 1 aliphatic carbocycles. The first-order chi connectivity index (χ1) is 29.0. The molecule has 1 aliphatic heterocycles. The van der Waals surface area contributed by atoms with Gasteiger partial charge in [-0.15, -0.1) is 0 Å². The highest BCUT2D eigenvalue weighted by Gasteiger charge is 2.34. The van der Waals surface area contributed by atoms with Crippen LogP contribution in [0, 0.1) is 29.1 Å². The van der Waals surface area contributed by atoms with Crippen LogP contribution in [0.3, 0.4) is 0 Å². The molecule has 0 radical (unpaired) electrons. The third-order valence-corrected chi connectivity index (χ3v) is 12.1. The van der Waals surface area contributed by atoms with Crippen LogP contribution in [0.25, 0.3) is 0 Å². The van der Waals surface area contributed by atoms with E-state index in [2.05, 4.69) is 0 Å². The van der Waals surface area contributed by atoms with Crippen molar-refractivity contribution in [3.63, 3.8) is 0 Å². The molecular weight excluding hydrogens is 781 g/mol. The molecule has 0 amide bonds. The number of ether oxygens (including phenoxy) is 5. The number of ketones is 2. The van der Waals surface area contributed by atoms with E-state index in [1.54, 1.807) is 33.1 Å². The maximum absolute atomic E-state index is 13.5. The zero-order valence-corrected chi connectivity index (χ0v) is 38.3. The van der Waals surface area contributed by atoms with Crippen LogP contribution in [0.1, 0.15) is 113 Å². The molecule has 0 bridgehead atoms. The van der Waals surface area contributed by atoms with E-state index in [4.69, 9.17) is 23.7 Å². The highest BCUT2D eigenvalue weighted by molar-refractivity contribution is 5.92. The fourth-order valence-corrected chi connectivity index (χ4v) is 7.69. The molecule has 0 aromatic rings. The predicted octanol–water partition coefficient (Wildman–Crippen LogP) is 7.31. The van der Waals surface area contributed by atoms with Crippen molar-refractivity contribution in [3.8, 4) is 0 Å². The van der Waals surface area contributed by atoms with E-state index in [0.717, 1.165) is 68.8 Å². The van der Waals surface area contributed by atoms with E-state index < -0.39 is 42.7 Å². The number of allylic oxidation sites excluding steroid dienone is 10. The molecule has 2 aliphatic rings. The third-order valence-electron chi connectivity index (χ3n) is 12.1. The second kappa shape index (κ2) is 28.2. The van der Waals surface area contributed by atoms with Gasteiger partial charge >= 0.3 is 5.97 Å². The summed E-state index contributed by atoms with van der Waals surface area (Å²) in [7, 11) is 3.09. The second-order valence-electron chi connectivity index (χ2n) is 17.4. The summed E-state index contributed by atoms with van der Waals surface area (Å²) in [4.78, 5) is 49.7. The third kappa shape index (κ3) is 18.4. The lowest BCUT2D eigenvalue weighted by atomic mass is 9.84. The number of aldehydes is 1. The lowest BCUT2D eigenvalue weighted by Gasteiger charge is -2.28. The summed E-state index contributed by atoms with van der Waals surface area (Å²) >= 11 is 0. The van der Waals surface area contributed by atoms with Crippen molar-refractivity contribution >= 4 is 23.8 Å². The zero-order valence-electron chi connectivity index (χ0n) is 38.3. The first-order valence-corrected chi connectivity index (χ1v) is 22.0. The van der Waals surface area contributed by atoms with Gasteiger partial charge in [0.15, 0.2) is 23.6 Å². The van der Waals surface area contributed by atoms with Gasteiger partial charge in [-0.25, -0.2) is 0 Å². The van der Waals surface area contributed by atoms with Gasteiger partial charge in [-0.05, 0) is 120 Å². The van der Waals surface area contributed by atoms with Crippen LogP contribution >= 0.6 is 0 Å². The minimum absolute atomic E-state index is 0.0693. The van der Waals surface area contributed by atoms with Gasteiger partial charge in [0.2, 0.25) is 0 Å². The van der Waals surface area contributed by atoms with Gasteiger partial charge in [0.1, 0.15) is 30.3 Å². The quantitative estimate of drug-likeness (QED) is 0.0179. The summed E-state index contributed by atoms with van der Waals surface area (Å²) < 4.78 is 28.1. The number of rotatable bonds is 28. The number of aliphatic hydroxyl groups is 3. The highest BCUT2D eigenvalue weighted by Crippen LogP contribution is 2.30. The molecule has 0 unspecified atom stereocenters. The normalized spacial score (nSPS) is 22.5. The SMILES string of the molecule is CO[C@@H](C[C@@H]1CCC(C)=C(C=O)O1)/C(C)=C/C=C/C=C/[C@@H](C)C[C@@H](C)C(=O)[C@H](OC)[C@H](O)/C(C)=C/[C@@H](C)C(=O)/C=C/CC[C@H]1CC[C@H](OCCOC(=O)C(C)(CO)CO)CC1. The molecule has 7 atom stereocenters. The van der Waals surface area contributed by atoms with Gasteiger partial charge in [0.05, 0.1) is 32.0 Å². The number of hydrogen-bond donors (Lipinski definition) is 3. The Morgan fingerprint density at radius 2 is 1.62 bits per heavy atom. The van der Waals surface area contributed by atoms with Crippen molar-refractivity contribution in [2.45, 2.75) is 143 Å². The Morgan fingerprint density at radius 3 is 2.25 bits per heavy atom. The average molecular weight is 857 g/mol. The second-order valence-corrected chi connectivity index (χ2v) is 17.4. The number of Topliss-reactive ketones (excluding diaryl/α,β-unsaturated/α-hetero) is 1. The molecule has 12 heteroatoms. The monoisotopic (exact) mass is 857 g/mol. The first kappa shape index (κ1) is 53.6. The number of hydrogen-bond acceptors (Lipinski definition) is 12. The van der Waals surface area contributed by atoms with E-state index in [-0.39, 0.29) is 54.9 Å². The van der Waals surface area contributed by atoms with Gasteiger partial charge in [-0.3, -0.25) is 19.2 Å². The Hall–Kier alpha value is -3.52. The van der Waals surface area contributed by atoms with E-state index in [1.807, 2.05) is 64.2 Å². The van der Waals surface area contributed by atoms with Gasteiger partial charge in [0.25, 0.3) is 0 Å². The maximum atomic E-state index is 13.5. The van der Waals surface area contributed by atoms with Crippen molar-refractivity contribution in [2.75, 3.05) is 40.6 Å². The van der Waals surface area contributed by atoms with Crippen LogP contribution in [0.4, 0.5) is 0 Å². The molecule has 0 aromatic heterocycles. The maximum Gasteiger partial charge on any atom is 0.316 e. The molecule has 344 valence electrons. The lowest BCUT2D eigenvalue weighted by Crippen LogP contribution is -2.40. The number of carbonyl (C=O) groups is 4. The van der Waals surface area contributed by atoms with Gasteiger partial charge < -0.3 is 39.0 Å². The summed E-state index contributed by atoms with van der Waals surface area (Å²) in [6, 6.07) is 0. The molecule has 0 aromatic carbocycles. The molecule has 0 spiro atoms. The molecular formula is C49H76O12. The fraction of sp³-hybridized carbons (Fsp3) is 0.673. The summed E-state index contributed by atoms with van der Waals surface area (Å²) in [5, 5.41) is 29.8. The fourth-order valence-electron chi connectivity index (χ4n) is 7.69. The van der Waals surface area contributed by atoms with Crippen molar-refractivity contribution in [1.29, 1.82) is 0 Å². The van der Waals surface area contributed by atoms with E-state index in [9.17, 15) is 34.5 Å². The van der Waals surface area contributed by atoms with Crippen LogP contribution < -0.4 is 0 Å². The zero-order chi connectivity index (χ0) is 45.5.